The monoisotopic (exact) mass is 349 g/mol. The van der Waals surface area contributed by atoms with Crippen molar-refractivity contribution in [2.24, 2.45) is 5.92 Å². The number of aliphatic hydroxyl groups excluding tert-OH is 1. The number of nitrogens with zero attached hydrogens (tertiary/aromatic N) is 1. The molecule has 1 heterocycles. The van der Waals surface area contributed by atoms with E-state index in [1.165, 1.54) is 12.1 Å². The molecule has 0 saturated carbocycles. The number of aliphatic hydroxyl groups is 1. The zero-order valence-electron chi connectivity index (χ0n) is 14.4. The first-order chi connectivity index (χ1) is 12.0. The second kappa shape index (κ2) is 9.19. The molecular weight excluding hydrogens is 325 g/mol. The van der Waals surface area contributed by atoms with Gasteiger partial charge in [-0.1, -0.05) is 13.8 Å². The van der Waals surface area contributed by atoms with Crippen molar-refractivity contribution in [2.75, 3.05) is 25.1 Å². The van der Waals surface area contributed by atoms with Crippen molar-refractivity contribution >= 4 is 11.7 Å². The van der Waals surface area contributed by atoms with Crippen LogP contribution in [0, 0.1) is 11.7 Å². The second-order valence-corrected chi connectivity index (χ2v) is 6.17. The molecule has 136 valence electrons. The van der Waals surface area contributed by atoms with Crippen molar-refractivity contribution < 1.29 is 19.0 Å². The van der Waals surface area contributed by atoms with E-state index in [1.807, 2.05) is 38.4 Å². The Bertz CT molecular complexity index is 674. The van der Waals surface area contributed by atoms with Gasteiger partial charge in [0.05, 0.1) is 18.4 Å². The summed E-state index contributed by atoms with van der Waals surface area (Å²) in [7, 11) is 0. The van der Waals surface area contributed by atoms with Gasteiger partial charge in [0.25, 0.3) is 0 Å². The van der Waals surface area contributed by atoms with Gasteiger partial charge in [-0.2, -0.15) is 0 Å². The molecule has 1 aromatic carbocycles. The van der Waals surface area contributed by atoms with E-state index in [4.69, 9.17) is 4.74 Å². The molecule has 0 fully saturated rings. The topological polar surface area (TPSA) is 75.5 Å². The number of rotatable bonds is 8. The minimum Gasteiger partial charge on any atom is -0.389 e. The van der Waals surface area contributed by atoms with Crippen molar-refractivity contribution in [1.82, 2.24) is 9.88 Å². The number of anilines is 1. The van der Waals surface area contributed by atoms with E-state index in [2.05, 4.69) is 10.6 Å². The van der Waals surface area contributed by atoms with E-state index in [1.54, 1.807) is 10.6 Å². The molecule has 2 rings (SSSR count). The van der Waals surface area contributed by atoms with Gasteiger partial charge >= 0.3 is 6.03 Å². The van der Waals surface area contributed by atoms with Crippen LogP contribution in [0.1, 0.15) is 13.8 Å². The third kappa shape index (κ3) is 6.21. The molecule has 1 aromatic heterocycles. The fraction of sp³-hybridized carbons (Fsp3) is 0.389. The lowest BCUT2D eigenvalue weighted by molar-refractivity contribution is 0.0274. The molecule has 0 aliphatic rings. The highest BCUT2D eigenvalue weighted by Gasteiger charge is 2.11. The zero-order valence-corrected chi connectivity index (χ0v) is 14.4. The highest BCUT2D eigenvalue weighted by atomic mass is 19.1. The van der Waals surface area contributed by atoms with Crippen molar-refractivity contribution in [1.29, 1.82) is 0 Å². The van der Waals surface area contributed by atoms with E-state index in [0.717, 1.165) is 5.69 Å². The Morgan fingerprint density at radius 3 is 2.68 bits per heavy atom. The number of ether oxygens (including phenoxy) is 1. The molecule has 0 spiro atoms. The van der Waals surface area contributed by atoms with Crippen LogP contribution in [-0.2, 0) is 4.74 Å². The molecule has 0 aliphatic heterocycles. The van der Waals surface area contributed by atoms with Crippen LogP contribution in [0.15, 0.2) is 42.7 Å². The number of hydrogen-bond acceptors (Lipinski definition) is 3. The van der Waals surface area contributed by atoms with Crippen molar-refractivity contribution in [3.8, 4) is 5.69 Å². The highest BCUT2D eigenvalue weighted by Crippen LogP contribution is 2.19. The Morgan fingerprint density at radius 1 is 1.28 bits per heavy atom. The standard InChI is InChI=1S/C18H24FN3O3/c1-13(2)11-25-12-15(23)10-20-18(24)21-17-9-14(5-6-16(17)19)22-7-3-4-8-22/h3-9,13,15,23H,10-12H2,1-2H3,(H2,20,21,24). The average molecular weight is 349 g/mol. The van der Waals surface area contributed by atoms with Gasteiger partial charge in [0, 0.05) is 31.2 Å². The number of aromatic nitrogens is 1. The van der Waals surface area contributed by atoms with E-state index in [0.29, 0.717) is 12.5 Å². The summed E-state index contributed by atoms with van der Waals surface area (Å²) in [4.78, 5) is 11.9. The summed E-state index contributed by atoms with van der Waals surface area (Å²) in [6.45, 7) is 4.71. The summed E-state index contributed by atoms with van der Waals surface area (Å²) < 4.78 is 21.0. The molecule has 0 aliphatic carbocycles. The van der Waals surface area contributed by atoms with Crippen LogP contribution < -0.4 is 10.6 Å². The largest absolute Gasteiger partial charge is 0.389 e. The van der Waals surface area contributed by atoms with Gasteiger partial charge < -0.3 is 25.0 Å². The molecule has 3 N–H and O–H groups in total. The number of benzene rings is 1. The van der Waals surface area contributed by atoms with Crippen LogP contribution in [0.4, 0.5) is 14.9 Å². The highest BCUT2D eigenvalue weighted by molar-refractivity contribution is 5.89. The van der Waals surface area contributed by atoms with Crippen LogP contribution in [0.2, 0.25) is 0 Å². The van der Waals surface area contributed by atoms with Gasteiger partial charge in [-0.05, 0) is 36.2 Å². The van der Waals surface area contributed by atoms with Crippen molar-refractivity contribution in [3.05, 3.63) is 48.5 Å². The number of halogens is 1. The van der Waals surface area contributed by atoms with Crippen LogP contribution >= 0.6 is 0 Å². The first-order valence-corrected chi connectivity index (χ1v) is 8.19. The fourth-order valence-corrected chi connectivity index (χ4v) is 2.15. The van der Waals surface area contributed by atoms with Gasteiger partial charge in [-0.3, -0.25) is 0 Å². The third-order valence-electron chi connectivity index (χ3n) is 3.36. The Kier molecular flexibility index (Phi) is 6.97. The summed E-state index contributed by atoms with van der Waals surface area (Å²) in [6.07, 6.45) is 2.83. The predicted molar refractivity (Wildman–Crippen MR) is 94.4 cm³/mol. The van der Waals surface area contributed by atoms with Crippen LogP contribution in [0.25, 0.3) is 5.69 Å². The molecule has 7 heteroatoms. The van der Waals surface area contributed by atoms with Crippen LogP contribution in [0.5, 0.6) is 0 Å². The molecule has 0 saturated heterocycles. The maximum absolute atomic E-state index is 13.9. The Balaban J connectivity index is 1.85. The number of nitrogens with one attached hydrogen (secondary N) is 2. The van der Waals surface area contributed by atoms with E-state index in [-0.39, 0.29) is 18.8 Å². The normalized spacial score (nSPS) is 12.2. The van der Waals surface area contributed by atoms with E-state index >= 15 is 0 Å². The first-order valence-electron chi connectivity index (χ1n) is 8.19. The van der Waals surface area contributed by atoms with Crippen molar-refractivity contribution in [3.63, 3.8) is 0 Å². The Hall–Kier alpha value is -2.38. The lowest BCUT2D eigenvalue weighted by Crippen LogP contribution is -2.37. The predicted octanol–water partition coefficient (Wildman–Crippen LogP) is 2.77. The molecule has 1 atom stereocenters. The van der Waals surface area contributed by atoms with Crippen LogP contribution in [-0.4, -0.2) is 41.6 Å². The van der Waals surface area contributed by atoms with Gasteiger partial charge in [-0.15, -0.1) is 0 Å². The summed E-state index contributed by atoms with van der Waals surface area (Å²) >= 11 is 0. The number of amides is 2. The fourth-order valence-electron chi connectivity index (χ4n) is 2.15. The van der Waals surface area contributed by atoms with E-state index in [9.17, 15) is 14.3 Å². The Morgan fingerprint density at radius 2 is 2.00 bits per heavy atom. The number of carbonyl (C=O) groups excluding carboxylic acids is 1. The SMILES string of the molecule is CC(C)COCC(O)CNC(=O)Nc1cc(-n2cccc2)ccc1F. The molecule has 0 radical (unpaired) electrons. The number of urea groups is 1. The van der Waals surface area contributed by atoms with Gasteiger partial charge in [0.1, 0.15) is 5.82 Å². The summed E-state index contributed by atoms with van der Waals surface area (Å²) in [6, 6.07) is 7.56. The molecular formula is C18H24FN3O3. The molecule has 1 unspecified atom stereocenters. The molecule has 6 nitrogen and oxygen atoms in total. The van der Waals surface area contributed by atoms with Gasteiger partial charge in [0.2, 0.25) is 0 Å². The average Bonchev–Trinajstić information content (AvgIpc) is 3.09. The molecule has 2 amide bonds. The lowest BCUT2D eigenvalue weighted by Gasteiger charge is -2.14. The minimum absolute atomic E-state index is 0.0167. The summed E-state index contributed by atoms with van der Waals surface area (Å²) in [5, 5.41) is 14.7. The summed E-state index contributed by atoms with van der Waals surface area (Å²) in [5.74, 6) is -0.161. The van der Waals surface area contributed by atoms with Gasteiger partial charge in [0.15, 0.2) is 0 Å². The molecule has 25 heavy (non-hydrogen) atoms. The Labute approximate surface area is 146 Å². The molecule has 0 bridgehead atoms. The number of carbonyl (C=O) groups is 1. The van der Waals surface area contributed by atoms with Gasteiger partial charge in [-0.25, -0.2) is 9.18 Å². The third-order valence-corrected chi connectivity index (χ3v) is 3.36. The van der Waals surface area contributed by atoms with E-state index < -0.39 is 18.0 Å². The molecule has 2 aromatic rings. The first kappa shape index (κ1) is 19.0. The van der Waals surface area contributed by atoms with Crippen LogP contribution in [0.3, 0.4) is 0 Å². The summed E-state index contributed by atoms with van der Waals surface area (Å²) in [5.41, 5.74) is 0.790. The maximum atomic E-state index is 13.9. The second-order valence-electron chi connectivity index (χ2n) is 6.17. The minimum atomic E-state index is -0.819. The van der Waals surface area contributed by atoms with Crippen molar-refractivity contribution in [2.45, 2.75) is 20.0 Å². The lowest BCUT2D eigenvalue weighted by atomic mass is 10.2. The quantitative estimate of drug-likeness (QED) is 0.686. The maximum Gasteiger partial charge on any atom is 0.319 e. The number of hydrogen-bond donors (Lipinski definition) is 3. The smallest absolute Gasteiger partial charge is 0.319 e. The zero-order chi connectivity index (χ0) is 18.2.